The zero-order valence-electron chi connectivity index (χ0n) is 9.96. The Labute approximate surface area is 92.5 Å². The molecule has 1 atom stereocenters. The molecule has 0 amide bonds. The Balaban J connectivity index is 2.56. The number of hydrogen-bond acceptors (Lipinski definition) is 2. The number of carboxylic acid groups (broad SMARTS) is 1. The molecule has 0 aromatic rings. The van der Waals surface area contributed by atoms with Gasteiger partial charge in [0.25, 0.3) is 0 Å². The first kappa shape index (κ1) is 12.5. The normalized spacial score (nSPS) is 27.9. The molecule has 0 bridgehead atoms. The lowest BCUT2D eigenvalue weighted by Crippen LogP contribution is -2.47. The molecule has 0 aliphatic carbocycles. The maximum Gasteiger partial charge on any atom is 0.310 e. The van der Waals surface area contributed by atoms with Crippen molar-refractivity contribution in [2.45, 2.75) is 46.0 Å². The second-order valence-corrected chi connectivity index (χ2v) is 4.67. The van der Waals surface area contributed by atoms with Gasteiger partial charge in [-0.15, -0.1) is 0 Å². The molecule has 0 spiro atoms. The van der Waals surface area contributed by atoms with E-state index in [1.54, 1.807) is 0 Å². The summed E-state index contributed by atoms with van der Waals surface area (Å²) in [6.45, 7) is 7.06. The van der Waals surface area contributed by atoms with Gasteiger partial charge < -0.3 is 10.0 Å². The number of unbranched alkanes of at least 4 members (excludes halogenated alkanes) is 1. The van der Waals surface area contributed by atoms with Gasteiger partial charge >= 0.3 is 5.97 Å². The van der Waals surface area contributed by atoms with E-state index in [0.717, 1.165) is 38.9 Å². The van der Waals surface area contributed by atoms with Gasteiger partial charge in [-0.25, -0.2) is 0 Å². The van der Waals surface area contributed by atoms with Crippen LogP contribution in [0.15, 0.2) is 0 Å². The van der Waals surface area contributed by atoms with Crippen molar-refractivity contribution < 1.29 is 9.90 Å². The van der Waals surface area contributed by atoms with Gasteiger partial charge in [-0.3, -0.25) is 4.79 Å². The van der Waals surface area contributed by atoms with E-state index in [4.69, 9.17) is 0 Å². The Morgan fingerprint density at radius 1 is 1.47 bits per heavy atom. The van der Waals surface area contributed by atoms with Gasteiger partial charge in [0.15, 0.2) is 0 Å². The lowest BCUT2D eigenvalue weighted by atomic mass is 9.77. The number of carbonyl (C=O) groups is 1. The minimum atomic E-state index is -0.605. The summed E-state index contributed by atoms with van der Waals surface area (Å²) in [5.74, 6) is -0.605. The average molecular weight is 213 g/mol. The Hall–Kier alpha value is -0.570. The highest BCUT2D eigenvalue weighted by Crippen LogP contribution is 2.33. The smallest absolute Gasteiger partial charge is 0.310 e. The van der Waals surface area contributed by atoms with Crippen molar-refractivity contribution in [3.05, 3.63) is 0 Å². The maximum absolute atomic E-state index is 11.3. The molecule has 1 heterocycles. The topological polar surface area (TPSA) is 40.5 Å². The predicted molar refractivity (Wildman–Crippen MR) is 60.9 cm³/mol. The standard InChI is InChI=1S/C12H23NO2/c1-3-5-8-13-9-6-7-12(4-2,10-13)11(14)15/h3-10H2,1-2H3,(H,14,15). The van der Waals surface area contributed by atoms with Crippen molar-refractivity contribution in [3.63, 3.8) is 0 Å². The van der Waals surface area contributed by atoms with E-state index in [-0.39, 0.29) is 0 Å². The van der Waals surface area contributed by atoms with Crippen LogP contribution in [0.25, 0.3) is 0 Å². The van der Waals surface area contributed by atoms with E-state index < -0.39 is 11.4 Å². The summed E-state index contributed by atoms with van der Waals surface area (Å²) in [5, 5.41) is 9.31. The molecule has 3 heteroatoms. The molecule has 1 saturated heterocycles. The SMILES string of the molecule is CCCCN1CCCC(CC)(C(=O)O)C1. The van der Waals surface area contributed by atoms with Crippen LogP contribution in [-0.4, -0.2) is 35.6 Å². The zero-order chi connectivity index (χ0) is 11.3. The molecule has 1 N–H and O–H groups in total. The van der Waals surface area contributed by atoms with Crippen LogP contribution in [0.5, 0.6) is 0 Å². The fourth-order valence-electron chi connectivity index (χ4n) is 2.41. The lowest BCUT2D eigenvalue weighted by molar-refractivity contribution is -0.152. The first-order valence-electron chi connectivity index (χ1n) is 6.10. The summed E-state index contributed by atoms with van der Waals surface area (Å²) < 4.78 is 0. The predicted octanol–water partition coefficient (Wildman–Crippen LogP) is 2.36. The van der Waals surface area contributed by atoms with Crippen molar-refractivity contribution >= 4 is 5.97 Å². The molecule has 1 aliphatic rings. The van der Waals surface area contributed by atoms with Crippen molar-refractivity contribution in [1.82, 2.24) is 4.90 Å². The maximum atomic E-state index is 11.3. The molecule has 1 unspecified atom stereocenters. The Kier molecular flexibility index (Phi) is 4.58. The minimum Gasteiger partial charge on any atom is -0.481 e. The molecular weight excluding hydrogens is 190 g/mol. The van der Waals surface area contributed by atoms with Crippen molar-refractivity contribution in [3.8, 4) is 0 Å². The minimum absolute atomic E-state index is 0.466. The van der Waals surface area contributed by atoms with Crippen LogP contribution < -0.4 is 0 Å². The average Bonchev–Trinajstić information content (AvgIpc) is 2.26. The summed E-state index contributed by atoms with van der Waals surface area (Å²) >= 11 is 0. The molecule has 0 radical (unpaired) electrons. The number of rotatable bonds is 5. The van der Waals surface area contributed by atoms with E-state index >= 15 is 0 Å². The fourth-order valence-corrected chi connectivity index (χ4v) is 2.41. The number of hydrogen-bond donors (Lipinski definition) is 1. The summed E-state index contributed by atoms with van der Waals surface area (Å²) in [6, 6.07) is 0. The Morgan fingerprint density at radius 2 is 2.20 bits per heavy atom. The van der Waals surface area contributed by atoms with E-state index in [9.17, 15) is 9.90 Å². The highest BCUT2D eigenvalue weighted by Gasteiger charge is 2.40. The van der Waals surface area contributed by atoms with Crippen LogP contribution in [0.2, 0.25) is 0 Å². The first-order chi connectivity index (χ1) is 7.14. The highest BCUT2D eigenvalue weighted by atomic mass is 16.4. The summed E-state index contributed by atoms with van der Waals surface area (Å²) in [6.07, 6.45) is 5.00. The van der Waals surface area contributed by atoms with Gasteiger partial charge in [0.1, 0.15) is 0 Å². The van der Waals surface area contributed by atoms with Crippen molar-refractivity contribution in [2.24, 2.45) is 5.41 Å². The molecule has 0 aromatic carbocycles. The van der Waals surface area contributed by atoms with Crippen LogP contribution in [0, 0.1) is 5.41 Å². The number of likely N-dealkylation sites (tertiary alicyclic amines) is 1. The first-order valence-corrected chi connectivity index (χ1v) is 6.10. The molecule has 1 fully saturated rings. The van der Waals surface area contributed by atoms with E-state index in [1.165, 1.54) is 12.8 Å². The second kappa shape index (κ2) is 5.50. The molecule has 1 aliphatic heterocycles. The van der Waals surface area contributed by atoms with Crippen LogP contribution in [0.1, 0.15) is 46.0 Å². The van der Waals surface area contributed by atoms with Crippen LogP contribution in [-0.2, 0) is 4.79 Å². The molecule has 0 saturated carbocycles. The second-order valence-electron chi connectivity index (χ2n) is 4.67. The van der Waals surface area contributed by atoms with Gasteiger partial charge in [-0.2, -0.15) is 0 Å². The largest absolute Gasteiger partial charge is 0.481 e. The number of aliphatic carboxylic acids is 1. The van der Waals surface area contributed by atoms with E-state index in [2.05, 4.69) is 11.8 Å². The van der Waals surface area contributed by atoms with Gasteiger partial charge in [-0.1, -0.05) is 20.3 Å². The van der Waals surface area contributed by atoms with Crippen LogP contribution >= 0.6 is 0 Å². The summed E-state index contributed by atoms with van der Waals surface area (Å²) in [7, 11) is 0. The van der Waals surface area contributed by atoms with Gasteiger partial charge in [0.2, 0.25) is 0 Å². The van der Waals surface area contributed by atoms with Crippen molar-refractivity contribution in [2.75, 3.05) is 19.6 Å². The summed E-state index contributed by atoms with van der Waals surface area (Å²) in [4.78, 5) is 13.6. The highest BCUT2D eigenvalue weighted by molar-refractivity contribution is 5.75. The van der Waals surface area contributed by atoms with Gasteiger partial charge in [0.05, 0.1) is 5.41 Å². The van der Waals surface area contributed by atoms with Crippen molar-refractivity contribution in [1.29, 1.82) is 0 Å². The monoisotopic (exact) mass is 213 g/mol. The van der Waals surface area contributed by atoms with Gasteiger partial charge in [-0.05, 0) is 38.8 Å². The number of piperidine rings is 1. The third-order valence-corrected chi connectivity index (χ3v) is 3.61. The quantitative estimate of drug-likeness (QED) is 0.762. The number of nitrogens with zero attached hydrogens (tertiary/aromatic N) is 1. The third kappa shape index (κ3) is 2.94. The van der Waals surface area contributed by atoms with E-state index in [1.807, 2.05) is 6.92 Å². The summed E-state index contributed by atoms with van der Waals surface area (Å²) in [5.41, 5.74) is -0.466. The molecule has 3 nitrogen and oxygen atoms in total. The molecule has 1 rings (SSSR count). The number of carboxylic acids is 1. The molecule has 88 valence electrons. The van der Waals surface area contributed by atoms with Gasteiger partial charge in [0, 0.05) is 6.54 Å². The van der Waals surface area contributed by atoms with Crippen LogP contribution in [0.3, 0.4) is 0 Å². The lowest BCUT2D eigenvalue weighted by Gasteiger charge is -2.39. The Morgan fingerprint density at radius 3 is 2.73 bits per heavy atom. The molecular formula is C12H23NO2. The fraction of sp³-hybridized carbons (Fsp3) is 0.917. The zero-order valence-corrected chi connectivity index (χ0v) is 9.96. The Bertz CT molecular complexity index is 218. The molecule has 15 heavy (non-hydrogen) atoms. The van der Waals surface area contributed by atoms with Crippen LogP contribution in [0.4, 0.5) is 0 Å². The van der Waals surface area contributed by atoms with E-state index in [0.29, 0.717) is 0 Å². The molecule has 0 aromatic heterocycles. The third-order valence-electron chi connectivity index (χ3n) is 3.61.